The molecule has 1 aromatic carbocycles. The summed E-state index contributed by atoms with van der Waals surface area (Å²) in [6.45, 7) is 3.06. The van der Waals surface area contributed by atoms with Gasteiger partial charge >= 0.3 is 5.97 Å². The Morgan fingerprint density at radius 1 is 1.42 bits per heavy atom. The first-order chi connectivity index (χ1) is 8.65. The van der Waals surface area contributed by atoms with Gasteiger partial charge < -0.3 is 5.11 Å². The monoisotopic (exact) mass is 287 g/mol. The predicted octanol–water partition coefficient (Wildman–Crippen LogP) is 1.66. The highest BCUT2D eigenvalue weighted by Crippen LogP contribution is 2.36. The molecule has 19 heavy (non-hydrogen) atoms. The number of carboxylic acid groups (broad SMARTS) is 1. The predicted molar refractivity (Wildman–Crippen MR) is 66.1 cm³/mol. The summed E-state index contributed by atoms with van der Waals surface area (Å²) in [4.78, 5) is 10.5. The van der Waals surface area contributed by atoms with Crippen LogP contribution in [0.4, 0.5) is 4.39 Å². The normalized spacial score (nSPS) is 17.2. The van der Waals surface area contributed by atoms with E-state index in [1.165, 1.54) is 6.92 Å². The van der Waals surface area contributed by atoms with Gasteiger partial charge in [-0.25, -0.2) is 22.3 Å². The summed E-state index contributed by atoms with van der Waals surface area (Å²) < 4.78 is 40.4. The highest BCUT2D eigenvalue weighted by Gasteiger charge is 2.41. The smallest absolute Gasteiger partial charge is 0.335 e. The molecule has 0 heterocycles. The summed E-state index contributed by atoms with van der Waals surface area (Å²) in [6, 6.07) is 1.80. The van der Waals surface area contributed by atoms with E-state index < -0.39 is 27.3 Å². The molecule has 7 heteroatoms. The van der Waals surface area contributed by atoms with Crippen LogP contribution in [0.1, 0.15) is 35.7 Å². The third-order valence-electron chi connectivity index (χ3n) is 3.21. The van der Waals surface area contributed by atoms with E-state index in [2.05, 4.69) is 4.72 Å². The number of hydrogen-bond acceptors (Lipinski definition) is 3. The Balaban J connectivity index is 2.51. The molecule has 5 nitrogen and oxygen atoms in total. The summed E-state index contributed by atoms with van der Waals surface area (Å²) in [5.74, 6) is -2.21. The number of hydrogen-bond donors (Lipinski definition) is 2. The molecule has 0 bridgehead atoms. The van der Waals surface area contributed by atoms with Crippen molar-refractivity contribution in [1.82, 2.24) is 4.72 Å². The second-order valence-corrected chi connectivity index (χ2v) is 6.70. The van der Waals surface area contributed by atoms with Crippen molar-refractivity contribution in [2.45, 2.75) is 37.1 Å². The highest BCUT2D eigenvalue weighted by atomic mass is 32.2. The largest absolute Gasteiger partial charge is 0.478 e. The Bertz CT molecular complexity index is 650. The van der Waals surface area contributed by atoms with Gasteiger partial charge in [0.2, 0.25) is 10.0 Å². The zero-order valence-electron chi connectivity index (χ0n) is 10.5. The fourth-order valence-corrected chi connectivity index (χ4v) is 3.47. The maximum Gasteiger partial charge on any atom is 0.335 e. The maximum absolute atomic E-state index is 13.6. The highest BCUT2D eigenvalue weighted by molar-refractivity contribution is 7.89. The Hall–Kier alpha value is -1.47. The lowest BCUT2D eigenvalue weighted by Crippen LogP contribution is -2.34. The van der Waals surface area contributed by atoms with E-state index in [0.29, 0.717) is 12.8 Å². The maximum atomic E-state index is 13.6. The Morgan fingerprint density at radius 2 is 2.00 bits per heavy atom. The summed E-state index contributed by atoms with van der Waals surface area (Å²) in [5.41, 5.74) is -0.966. The zero-order valence-corrected chi connectivity index (χ0v) is 11.3. The van der Waals surface area contributed by atoms with Crippen LogP contribution in [0.2, 0.25) is 0 Å². The minimum Gasteiger partial charge on any atom is -0.478 e. The van der Waals surface area contributed by atoms with E-state index >= 15 is 0 Å². The van der Waals surface area contributed by atoms with Gasteiger partial charge in [0.15, 0.2) is 0 Å². The van der Waals surface area contributed by atoms with Crippen LogP contribution in [0, 0.1) is 12.7 Å². The van der Waals surface area contributed by atoms with Crippen molar-refractivity contribution >= 4 is 16.0 Å². The number of sulfonamides is 1. The lowest BCUT2D eigenvalue weighted by Gasteiger charge is -2.14. The summed E-state index contributed by atoms with van der Waals surface area (Å²) in [7, 11) is -3.92. The second kappa shape index (κ2) is 4.28. The van der Waals surface area contributed by atoms with Crippen LogP contribution in [0.25, 0.3) is 0 Å². The minimum atomic E-state index is -3.92. The number of halogens is 1. The van der Waals surface area contributed by atoms with Crippen LogP contribution in [-0.2, 0) is 10.0 Å². The Kier molecular flexibility index (Phi) is 3.14. The molecule has 0 aliphatic heterocycles. The average molecular weight is 287 g/mol. The van der Waals surface area contributed by atoms with Crippen LogP contribution in [0.15, 0.2) is 17.0 Å². The SMILES string of the molecule is Cc1c(F)cc(C(=O)O)cc1S(=O)(=O)NC1(C)CC1. The third kappa shape index (κ3) is 2.76. The third-order valence-corrected chi connectivity index (χ3v) is 4.98. The van der Waals surface area contributed by atoms with Crippen molar-refractivity contribution < 1.29 is 22.7 Å². The van der Waals surface area contributed by atoms with Crippen molar-refractivity contribution in [3.63, 3.8) is 0 Å². The fourth-order valence-electron chi connectivity index (χ4n) is 1.73. The van der Waals surface area contributed by atoms with E-state index in [1.54, 1.807) is 6.92 Å². The quantitative estimate of drug-likeness (QED) is 0.882. The molecule has 0 saturated heterocycles. The van der Waals surface area contributed by atoms with Gasteiger partial charge in [0.25, 0.3) is 0 Å². The van der Waals surface area contributed by atoms with Gasteiger partial charge in [-0.15, -0.1) is 0 Å². The van der Waals surface area contributed by atoms with E-state index in [-0.39, 0.29) is 16.0 Å². The van der Waals surface area contributed by atoms with Crippen molar-refractivity contribution in [1.29, 1.82) is 0 Å². The fraction of sp³-hybridized carbons (Fsp3) is 0.417. The van der Waals surface area contributed by atoms with Gasteiger partial charge in [-0.1, -0.05) is 0 Å². The molecule has 0 unspecified atom stereocenters. The van der Waals surface area contributed by atoms with Gasteiger partial charge in [-0.3, -0.25) is 0 Å². The van der Waals surface area contributed by atoms with E-state index in [0.717, 1.165) is 12.1 Å². The lowest BCUT2D eigenvalue weighted by molar-refractivity contribution is 0.0696. The first kappa shape index (κ1) is 14.0. The van der Waals surface area contributed by atoms with Gasteiger partial charge in [-0.2, -0.15) is 0 Å². The van der Waals surface area contributed by atoms with Crippen LogP contribution >= 0.6 is 0 Å². The summed E-state index contributed by atoms with van der Waals surface area (Å²) in [5, 5.41) is 8.85. The molecule has 1 fully saturated rings. The first-order valence-electron chi connectivity index (χ1n) is 5.72. The molecular formula is C12H14FNO4S. The lowest BCUT2D eigenvalue weighted by atomic mass is 10.1. The first-order valence-corrected chi connectivity index (χ1v) is 7.20. The summed E-state index contributed by atoms with van der Waals surface area (Å²) in [6.07, 6.45) is 1.43. The van der Waals surface area contributed by atoms with E-state index in [1.807, 2.05) is 0 Å². The van der Waals surface area contributed by atoms with Gasteiger partial charge in [0.1, 0.15) is 5.82 Å². The molecule has 104 valence electrons. The average Bonchev–Trinajstić information content (AvgIpc) is 2.98. The van der Waals surface area contributed by atoms with Crippen molar-refractivity contribution in [3.8, 4) is 0 Å². The van der Waals surface area contributed by atoms with Crippen molar-refractivity contribution in [3.05, 3.63) is 29.1 Å². The summed E-state index contributed by atoms with van der Waals surface area (Å²) >= 11 is 0. The van der Waals surface area contributed by atoms with Gasteiger partial charge in [-0.05, 0) is 38.8 Å². The van der Waals surface area contributed by atoms with Crippen LogP contribution < -0.4 is 4.72 Å². The molecule has 1 aromatic rings. The van der Waals surface area contributed by atoms with Crippen LogP contribution in [0.3, 0.4) is 0 Å². The van der Waals surface area contributed by atoms with Crippen molar-refractivity contribution in [2.24, 2.45) is 0 Å². The molecule has 1 aliphatic rings. The number of nitrogens with one attached hydrogen (secondary N) is 1. The van der Waals surface area contributed by atoms with E-state index in [9.17, 15) is 17.6 Å². The number of carboxylic acids is 1. The molecule has 0 aromatic heterocycles. The van der Waals surface area contributed by atoms with Gasteiger partial charge in [0, 0.05) is 11.1 Å². The number of rotatable bonds is 4. The van der Waals surface area contributed by atoms with Crippen LogP contribution in [0.5, 0.6) is 0 Å². The molecule has 0 spiro atoms. The van der Waals surface area contributed by atoms with Crippen molar-refractivity contribution in [2.75, 3.05) is 0 Å². The standard InChI is InChI=1S/C12H14FNO4S/c1-7-9(13)5-8(11(15)16)6-10(7)19(17,18)14-12(2)3-4-12/h5-6,14H,3-4H2,1-2H3,(H,15,16). The van der Waals surface area contributed by atoms with Gasteiger partial charge in [0.05, 0.1) is 10.5 Å². The molecule has 1 saturated carbocycles. The number of aromatic carboxylic acids is 1. The van der Waals surface area contributed by atoms with Crippen LogP contribution in [-0.4, -0.2) is 25.0 Å². The van der Waals surface area contributed by atoms with E-state index in [4.69, 9.17) is 5.11 Å². The molecule has 0 amide bonds. The molecule has 0 atom stereocenters. The Morgan fingerprint density at radius 3 is 2.47 bits per heavy atom. The molecule has 0 radical (unpaired) electrons. The topological polar surface area (TPSA) is 83.5 Å². The minimum absolute atomic E-state index is 0.0817. The molecule has 2 rings (SSSR count). The molecule has 1 aliphatic carbocycles. The zero-order chi connectivity index (χ0) is 14.4. The Labute approximate surface area is 110 Å². The molecule has 2 N–H and O–H groups in total. The number of benzene rings is 1. The molecular weight excluding hydrogens is 273 g/mol. The number of carbonyl (C=O) groups is 1. The second-order valence-electron chi connectivity index (χ2n) is 5.05.